The fourth-order valence-electron chi connectivity index (χ4n) is 2.48. The first-order valence-electron chi connectivity index (χ1n) is 9.16. The standard InChI is InChI=1S/C21H21N3O4S/c1-3-12-27-21(26)15-8-10-16(11-9-15)23-20(25)17-6-4-5-7-18(17)29-13-19-22-14(2)24-28-19/h4-11H,3,12-13H2,1-2H3,(H,23,25). The molecule has 0 atom stereocenters. The molecule has 7 nitrogen and oxygen atoms in total. The summed E-state index contributed by atoms with van der Waals surface area (Å²) < 4.78 is 10.2. The molecule has 0 fully saturated rings. The third-order valence-corrected chi connectivity index (χ3v) is 4.93. The predicted octanol–water partition coefficient (Wildman–Crippen LogP) is 4.49. The van der Waals surface area contributed by atoms with Gasteiger partial charge in [-0.25, -0.2) is 4.79 Å². The van der Waals surface area contributed by atoms with E-state index >= 15 is 0 Å². The van der Waals surface area contributed by atoms with E-state index in [4.69, 9.17) is 9.26 Å². The first-order valence-corrected chi connectivity index (χ1v) is 10.1. The lowest BCUT2D eigenvalue weighted by Crippen LogP contribution is -2.13. The lowest BCUT2D eigenvalue weighted by atomic mass is 10.2. The van der Waals surface area contributed by atoms with Crippen molar-refractivity contribution in [2.45, 2.75) is 30.9 Å². The maximum absolute atomic E-state index is 12.7. The Kier molecular flexibility index (Phi) is 7.02. The second-order valence-corrected chi connectivity index (χ2v) is 7.20. The van der Waals surface area contributed by atoms with Crippen molar-refractivity contribution in [1.29, 1.82) is 0 Å². The summed E-state index contributed by atoms with van der Waals surface area (Å²) >= 11 is 1.45. The Morgan fingerprint density at radius 3 is 2.59 bits per heavy atom. The van der Waals surface area contributed by atoms with Crippen LogP contribution in [0.3, 0.4) is 0 Å². The number of nitrogens with zero attached hydrogens (tertiary/aromatic N) is 2. The lowest BCUT2D eigenvalue weighted by Gasteiger charge is -2.10. The monoisotopic (exact) mass is 411 g/mol. The Morgan fingerprint density at radius 2 is 1.90 bits per heavy atom. The Labute approximate surface area is 172 Å². The highest BCUT2D eigenvalue weighted by molar-refractivity contribution is 7.98. The number of ether oxygens (including phenoxy) is 1. The molecule has 0 bridgehead atoms. The number of nitrogens with one attached hydrogen (secondary N) is 1. The molecule has 1 amide bonds. The molecule has 0 saturated heterocycles. The molecule has 0 saturated carbocycles. The summed E-state index contributed by atoms with van der Waals surface area (Å²) in [5.74, 6) is 0.945. The van der Waals surface area contributed by atoms with Crippen molar-refractivity contribution in [3.63, 3.8) is 0 Å². The third kappa shape index (κ3) is 5.68. The van der Waals surface area contributed by atoms with Crippen LogP contribution in [0.1, 0.15) is 45.8 Å². The van der Waals surface area contributed by atoms with Crippen LogP contribution in [0.15, 0.2) is 57.9 Å². The van der Waals surface area contributed by atoms with Crippen molar-refractivity contribution in [3.8, 4) is 0 Å². The molecule has 1 heterocycles. The number of hydrogen-bond acceptors (Lipinski definition) is 7. The topological polar surface area (TPSA) is 94.3 Å². The number of thioether (sulfide) groups is 1. The van der Waals surface area contributed by atoms with E-state index in [9.17, 15) is 9.59 Å². The summed E-state index contributed by atoms with van der Waals surface area (Å²) in [6.45, 7) is 4.08. The van der Waals surface area contributed by atoms with Crippen LogP contribution in [0.4, 0.5) is 5.69 Å². The normalized spacial score (nSPS) is 10.6. The van der Waals surface area contributed by atoms with Gasteiger partial charge < -0.3 is 14.6 Å². The van der Waals surface area contributed by atoms with E-state index in [1.54, 1.807) is 37.3 Å². The largest absolute Gasteiger partial charge is 0.462 e. The van der Waals surface area contributed by atoms with Crippen molar-refractivity contribution < 1.29 is 18.8 Å². The number of esters is 1. The van der Waals surface area contributed by atoms with E-state index in [1.165, 1.54) is 11.8 Å². The summed E-state index contributed by atoms with van der Waals surface area (Å²) in [7, 11) is 0. The van der Waals surface area contributed by atoms with Gasteiger partial charge in [-0.2, -0.15) is 4.98 Å². The zero-order valence-electron chi connectivity index (χ0n) is 16.2. The summed E-state index contributed by atoms with van der Waals surface area (Å²) in [5.41, 5.74) is 1.58. The van der Waals surface area contributed by atoms with Gasteiger partial charge in [0.1, 0.15) is 0 Å². The number of benzene rings is 2. The van der Waals surface area contributed by atoms with Gasteiger partial charge >= 0.3 is 5.97 Å². The minimum atomic E-state index is -0.372. The van der Waals surface area contributed by atoms with Gasteiger partial charge in [0.05, 0.1) is 23.5 Å². The van der Waals surface area contributed by atoms with E-state index in [0.29, 0.717) is 40.9 Å². The highest BCUT2D eigenvalue weighted by atomic mass is 32.2. The number of hydrogen-bond donors (Lipinski definition) is 1. The van der Waals surface area contributed by atoms with Crippen LogP contribution < -0.4 is 5.32 Å². The van der Waals surface area contributed by atoms with Crippen molar-refractivity contribution in [3.05, 3.63) is 71.4 Å². The van der Waals surface area contributed by atoms with E-state index in [-0.39, 0.29) is 11.9 Å². The quantitative estimate of drug-likeness (QED) is 0.431. The Morgan fingerprint density at radius 1 is 1.14 bits per heavy atom. The van der Waals surface area contributed by atoms with Crippen molar-refractivity contribution in [2.24, 2.45) is 0 Å². The molecule has 1 aromatic heterocycles. The number of aromatic nitrogens is 2. The molecule has 2 aromatic carbocycles. The van der Waals surface area contributed by atoms with Crippen LogP contribution in [0.5, 0.6) is 0 Å². The van der Waals surface area contributed by atoms with Gasteiger partial charge in [-0.3, -0.25) is 4.79 Å². The van der Waals surface area contributed by atoms with Gasteiger partial charge in [0, 0.05) is 10.6 Å². The molecule has 3 aromatic rings. The Hall–Kier alpha value is -3.13. The Bertz CT molecular complexity index is 986. The minimum absolute atomic E-state index is 0.240. The molecule has 29 heavy (non-hydrogen) atoms. The minimum Gasteiger partial charge on any atom is -0.462 e. The van der Waals surface area contributed by atoms with Crippen molar-refractivity contribution >= 4 is 29.3 Å². The number of carbonyl (C=O) groups is 2. The van der Waals surface area contributed by atoms with Crippen LogP contribution in [0.2, 0.25) is 0 Å². The molecule has 0 spiro atoms. The van der Waals surface area contributed by atoms with E-state index in [1.807, 2.05) is 25.1 Å². The average molecular weight is 411 g/mol. The number of carbonyl (C=O) groups excluding carboxylic acids is 2. The highest BCUT2D eigenvalue weighted by Crippen LogP contribution is 2.26. The van der Waals surface area contributed by atoms with Crippen LogP contribution in [0, 0.1) is 6.92 Å². The van der Waals surface area contributed by atoms with Gasteiger partial charge in [-0.1, -0.05) is 24.2 Å². The first kappa shape index (κ1) is 20.6. The lowest BCUT2D eigenvalue weighted by molar-refractivity contribution is 0.0505. The highest BCUT2D eigenvalue weighted by Gasteiger charge is 2.14. The number of amides is 1. The number of aryl methyl sites for hydroxylation is 1. The molecule has 0 unspecified atom stereocenters. The maximum atomic E-state index is 12.7. The molecule has 0 radical (unpaired) electrons. The van der Waals surface area contributed by atoms with Crippen LogP contribution >= 0.6 is 11.8 Å². The van der Waals surface area contributed by atoms with Crippen LogP contribution in [-0.4, -0.2) is 28.6 Å². The summed E-state index contributed by atoms with van der Waals surface area (Å²) in [6.07, 6.45) is 0.767. The molecule has 0 aliphatic carbocycles. The van der Waals surface area contributed by atoms with Crippen LogP contribution in [-0.2, 0) is 10.5 Å². The summed E-state index contributed by atoms with van der Waals surface area (Å²) in [6, 6.07) is 13.9. The fourth-order valence-corrected chi connectivity index (χ4v) is 3.37. The first-order chi connectivity index (χ1) is 14.1. The van der Waals surface area contributed by atoms with E-state index < -0.39 is 0 Å². The summed E-state index contributed by atoms with van der Waals surface area (Å²) in [5, 5.41) is 6.62. The van der Waals surface area contributed by atoms with Gasteiger partial charge in [-0.15, -0.1) is 11.8 Å². The predicted molar refractivity (Wildman–Crippen MR) is 110 cm³/mol. The molecule has 3 rings (SSSR count). The zero-order chi connectivity index (χ0) is 20.6. The fraction of sp³-hybridized carbons (Fsp3) is 0.238. The molecule has 1 N–H and O–H groups in total. The summed E-state index contributed by atoms with van der Waals surface area (Å²) in [4.78, 5) is 29.6. The second-order valence-electron chi connectivity index (χ2n) is 6.19. The van der Waals surface area contributed by atoms with Gasteiger partial charge in [0.25, 0.3) is 5.91 Å². The smallest absolute Gasteiger partial charge is 0.338 e. The molecule has 8 heteroatoms. The maximum Gasteiger partial charge on any atom is 0.338 e. The third-order valence-electron chi connectivity index (χ3n) is 3.87. The Balaban J connectivity index is 1.65. The van der Waals surface area contributed by atoms with Crippen molar-refractivity contribution in [2.75, 3.05) is 11.9 Å². The number of rotatable bonds is 8. The molecule has 0 aliphatic heterocycles. The van der Waals surface area contributed by atoms with Gasteiger partial charge in [-0.05, 0) is 49.7 Å². The molecule has 150 valence electrons. The van der Waals surface area contributed by atoms with Crippen LogP contribution in [0.25, 0.3) is 0 Å². The van der Waals surface area contributed by atoms with E-state index in [2.05, 4.69) is 15.5 Å². The van der Waals surface area contributed by atoms with E-state index in [0.717, 1.165) is 11.3 Å². The molecular weight excluding hydrogens is 390 g/mol. The van der Waals surface area contributed by atoms with Gasteiger partial charge in [0.15, 0.2) is 5.82 Å². The number of anilines is 1. The average Bonchev–Trinajstić information content (AvgIpc) is 3.16. The molecule has 0 aliphatic rings. The second kappa shape index (κ2) is 9.88. The molecular formula is C21H21N3O4S. The van der Waals surface area contributed by atoms with Gasteiger partial charge in [0.2, 0.25) is 5.89 Å². The van der Waals surface area contributed by atoms with Crippen molar-refractivity contribution in [1.82, 2.24) is 10.1 Å². The zero-order valence-corrected chi connectivity index (χ0v) is 17.0. The SMILES string of the molecule is CCCOC(=O)c1ccc(NC(=O)c2ccccc2SCc2nc(C)no2)cc1.